The molecule has 4 N–H and O–H groups in total. The Bertz CT molecular complexity index is 1740. The Hall–Kier alpha value is -4.17. The lowest BCUT2D eigenvalue weighted by atomic mass is 9.93. The predicted octanol–water partition coefficient (Wildman–Crippen LogP) is 3.80. The number of aryl methyl sites for hydroxylation is 1. The third kappa shape index (κ3) is 12.7. The summed E-state index contributed by atoms with van der Waals surface area (Å²) in [5.74, 6) is -1.83. The zero-order valence-corrected chi connectivity index (χ0v) is 33.5. The highest BCUT2D eigenvalue weighted by molar-refractivity contribution is 7.19. The van der Waals surface area contributed by atoms with E-state index in [-0.39, 0.29) is 36.5 Å². The van der Waals surface area contributed by atoms with Gasteiger partial charge in [-0.05, 0) is 67.5 Å². The molecule has 13 heteroatoms. The fraction of sp³-hybridized carbons (Fsp3) is 0.548. The van der Waals surface area contributed by atoms with Crippen molar-refractivity contribution in [1.82, 2.24) is 26.2 Å². The van der Waals surface area contributed by atoms with Gasteiger partial charge in [0.1, 0.15) is 23.7 Å². The van der Waals surface area contributed by atoms with Crippen molar-refractivity contribution in [1.29, 1.82) is 0 Å². The van der Waals surface area contributed by atoms with Gasteiger partial charge < -0.3 is 30.7 Å². The zero-order chi connectivity index (χ0) is 39.5. The molecule has 3 aromatic rings. The lowest BCUT2D eigenvalue weighted by Gasteiger charge is -2.29. The molecule has 2 saturated heterocycles. The Morgan fingerprint density at radius 1 is 0.764 bits per heavy atom. The van der Waals surface area contributed by atoms with Gasteiger partial charge in [-0.3, -0.25) is 28.9 Å². The van der Waals surface area contributed by atoms with E-state index in [1.165, 1.54) is 11.3 Å². The number of epoxide rings is 1. The van der Waals surface area contributed by atoms with Crippen LogP contribution in [0.2, 0.25) is 0 Å². The first kappa shape index (κ1) is 42.0. The van der Waals surface area contributed by atoms with Crippen LogP contribution in [0.5, 0.6) is 0 Å². The van der Waals surface area contributed by atoms with Crippen LogP contribution >= 0.6 is 11.3 Å². The maximum atomic E-state index is 14.2. The molecule has 0 radical (unpaired) electrons. The average Bonchev–Trinajstić information content (AvgIpc) is 3.77. The summed E-state index contributed by atoms with van der Waals surface area (Å²) in [5.41, 5.74) is 0.0871. The molecule has 0 spiro atoms. The molecule has 0 aliphatic carbocycles. The summed E-state index contributed by atoms with van der Waals surface area (Å²) in [6.07, 6.45) is 1.76. The number of fused-ring (bicyclic) bond motifs is 1. The molecule has 12 nitrogen and oxygen atoms in total. The molecule has 2 aromatic carbocycles. The fourth-order valence-electron chi connectivity index (χ4n) is 6.82. The number of nitrogens with zero attached hydrogens (tertiary/aromatic N) is 1. The monoisotopic (exact) mass is 775 g/mol. The molecular weight excluding hydrogens is 719 g/mol. The summed E-state index contributed by atoms with van der Waals surface area (Å²) in [6.45, 7) is 12.4. The van der Waals surface area contributed by atoms with Crippen LogP contribution in [0.4, 0.5) is 0 Å². The van der Waals surface area contributed by atoms with Gasteiger partial charge in [-0.1, -0.05) is 76.2 Å². The van der Waals surface area contributed by atoms with E-state index >= 15 is 0 Å². The van der Waals surface area contributed by atoms with Crippen LogP contribution in [0.1, 0.15) is 64.3 Å². The van der Waals surface area contributed by atoms with Crippen molar-refractivity contribution in [2.24, 2.45) is 11.8 Å². The first-order valence-corrected chi connectivity index (χ1v) is 20.3. The van der Waals surface area contributed by atoms with E-state index in [9.17, 15) is 24.0 Å². The number of carbonyl (C=O) groups excluding carboxylic acids is 5. The zero-order valence-electron chi connectivity index (χ0n) is 32.7. The van der Waals surface area contributed by atoms with Gasteiger partial charge >= 0.3 is 0 Å². The molecule has 298 valence electrons. The van der Waals surface area contributed by atoms with E-state index in [0.29, 0.717) is 58.6 Å². The van der Waals surface area contributed by atoms with Crippen molar-refractivity contribution < 1.29 is 33.4 Å². The smallest absolute Gasteiger partial charge is 0.243 e. The number of ketones is 1. The quantitative estimate of drug-likeness (QED) is 0.126. The minimum Gasteiger partial charge on any atom is -0.379 e. The van der Waals surface area contributed by atoms with E-state index in [1.54, 1.807) is 6.92 Å². The van der Waals surface area contributed by atoms with Crippen LogP contribution in [0, 0.1) is 11.8 Å². The molecule has 4 amide bonds. The number of morpholine rings is 1. The van der Waals surface area contributed by atoms with E-state index in [2.05, 4.69) is 21.3 Å². The highest BCUT2D eigenvalue weighted by Crippen LogP contribution is 2.30. The predicted molar refractivity (Wildman–Crippen MR) is 214 cm³/mol. The number of hydrogen-bond acceptors (Lipinski definition) is 9. The van der Waals surface area contributed by atoms with Crippen molar-refractivity contribution in [2.45, 2.75) is 96.5 Å². The highest BCUT2D eigenvalue weighted by Gasteiger charge is 2.50. The van der Waals surface area contributed by atoms with Crippen LogP contribution < -0.4 is 21.3 Å². The topological polar surface area (TPSA) is 158 Å². The number of nitrogens with one attached hydrogen (secondary N) is 4. The molecule has 2 fully saturated rings. The Kier molecular flexibility index (Phi) is 15.0. The first-order valence-electron chi connectivity index (χ1n) is 19.5. The normalized spacial score (nSPS) is 19.3. The molecular formula is C42H57N5O7S. The van der Waals surface area contributed by atoms with E-state index in [1.807, 2.05) is 93.3 Å². The van der Waals surface area contributed by atoms with Gasteiger partial charge in [0, 0.05) is 29.1 Å². The summed E-state index contributed by atoms with van der Waals surface area (Å²) in [4.78, 5) is 72.0. The number of thiophene rings is 1. The van der Waals surface area contributed by atoms with Crippen molar-refractivity contribution in [3.8, 4) is 0 Å². The molecule has 5 atom stereocenters. The van der Waals surface area contributed by atoms with Crippen LogP contribution in [0.15, 0.2) is 60.7 Å². The second-order valence-electron chi connectivity index (χ2n) is 15.8. The van der Waals surface area contributed by atoms with Gasteiger partial charge in [0.05, 0.1) is 32.4 Å². The van der Waals surface area contributed by atoms with E-state index in [0.717, 1.165) is 20.5 Å². The second kappa shape index (κ2) is 19.6. The van der Waals surface area contributed by atoms with E-state index in [4.69, 9.17) is 9.47 Å². The highest BCUT2D eigenvalue weighted by atomic mass is 32.1. The average molecular weight is 776 g/mol. The largest absolute Gasteiger partial charge is 0.379 e. The van der Waals surface area contributed by atoms with Gasteiger partial charge in [0.15, 0.2) is 5.78 Å². The number of ether oxygens (including phenoxy) is 2. The van der Waals surface area contributed by atoms with Crippen LogP contribution in [-0.2, 0) is 46.3 Å². The van der Waals surface area contributed by atoms with Crippen LogP contribution in [-0.4, -0.2) is 104 Å². The number of Topliss-reactive ketones (excluding diaryl/α,β-unsaturated/α-hetero) is 1. The van der Waals surface area contributed by atoms with Gasteiger partial charge in [0.2, 0.25) is 23.6 Å². The summed E-state index contributed by atoms with van der Waals surface area (Å²) >= 11 is 1.54. The summed E-state index contributed by atoms with van der Waals surface area (Å²) < 4.78 is 11.9. The SMILES string of the molecule is CC(C)C[C@H](NC(=O)[C@H](CCc1ccccc1)NC(=O)CN1CCOCC1)C(=O)N[C@@H](Cc1cc2ccccc2s1)C(=O)N[C@@H](CC(C)C)C(=O)[C@@]1(C)CO1. The Balaban J connectivity index is 1.35. The van der Waals surface area contributed by atoms with E-state index < -0.39 is 47.5 Å². The fourth-order valence-corrected chi connectivity index (χ4v) is 7.93. The Morgan fingerprint density at radius 2 is 1.35 bits per heavy atom. The lowest BCUT2D eigenvalue weighted by molar-refractivity contribution is -0.135. The third-order valence-corrected chi connectivity index (χ3v) is 11.1. The van der Waals surface area contributed by atoms with Gasteiger partial charge in [0.25, 0.3) is 0 Å². The summed E-state index contributed by atoms with van der Waals surface area (Å²) in [7, 11) is 0. The first-order chi connectivity index (χ1) is 26.3. The maximum absolute atomic E-state index is 14.2. The van der Waals surface area contributed by atoms with Crippen molar-refractivity contribution in [2.75, 3.05) is 39.5 Å². The second-order valence-corrected chi connectivity index (χ2v) is 17.0. The summed E-state index contributed by atoms with van der Waals surface area (Å²) in [5, 5.41) is 12.8. The molecule has 2 aliphatic heterocycles. The number of amides is 4. The van der Waals surface area contributed by atoms with Gasteiger partial charge in [-0.2, -0.15) is 0 Å². The molecule has 0 unspecified atom stereocenters. The standard InChI is InChI=1S/C42H57N5O7S/c1-27(2)21-33(38(49)42(5)26-54-42)44-41(52)35(24-31-23-30-13-9-10-14-36(30)55-31)46-40(51)34(22-28(3)4)45-39(50)32(16-15-29-11-7-6-8-12-29)43-37(48)25-47-17-19-53-20-18-47/h6-14,23,27-28,32-35H,15-22,24-26H2,1-5H3,(H,43,48)(H,44,52)(H,45,50)(H,46,51)/t32-,33-,34-,35-,42+/m0/s1. The third-order valence-electron chi connectivity index (χ3n) is 9.98. The Labute approximate surface area is 328 Å². The molecule has 3 heterocycles. The molecule has 0 bridgehead atoms. The van der Waals surface area contributed by atoms with Crippen molar-refractivity contribution in [3.63, 3.8) is 0 Å². The number of rotatable bonds is 20. The number of benzene rings is 2. The van der Waals surface area contributed by atoms with Gasteiger partial charge in [-0.15, -0.1) is 11.3 Å². The minimum atomic E-state index is -1.04. The minimum absolute atomic E-state index is 0.0110. The van der Waals surface area contributed by atoms with Crippen LogP contribution in [0.25, 0.3) is 10.1 Å². The Morgan fingerprint density at radius 3 is 2.00 bits per heavy atom. The van der Waals surface area contributed by atoms with Crippen LogP contribution in [0.3, 0.4) is 0 Å². The maximum Gasteiger partial charge on any atom is 0.243 e. The van der Waals surface area contributed by atoms with Gasteiger partial charge in [-0.25, -0.2) is 0 Å². The van der Waals surface area contributed by atoms with Crippen molar-refractivity contribution >= 4 is 50.8 Å². The molecule has 2 aliphatic rings. The molecule has 0 saturated carbocycles. The lowest BCUT2D eigenvalue weighted by Crippen LogP contribution is -2.59. The van der Waals surface area contributed by atoms with Crippen molar-refractivity contribution in [3.05, 3.63) is 71.1 Å². The number of hydrogen-bond donors (Lipinski definition) is 4. The molecule has 5 rings (SSSR count). The number of carbonyl (C=O) groups is 5. The molecule has 1 aromatic heterocycles. The molecule has 55 heavy (non-hydrogen) atoms. The summed E-state index contributed by atoms with van der Waals surface area (Å²) in [6, 6.07) is 15.9.